The number of nitrogens with zero attached hydrogens (tertiary/aromatic N) is 3. The monoisotopic (exact) mass is 435 g/mol. The molecule has 0 spiro atoms. The fourth-order valence-corrected chi connectivity index (χ4v) is 4.07. The highest BCUT2D eigenvalue weighted by atomic mass is 32.2. The van der Waals surface area contributed by atoms with Crippen LogP contribution in [0.4, 0.5) is 5.69 Å². The molecule has 4 rings (SSSR count). The van der Waals surface area contributed by atoms with Gasteiger partial charge in [0, 0.05) is 17.9 Å². The molecule has 8 heteroatoms. The van der Waals surface area contributed by atoms with Crippen molar-refractivity contribution in [3.05, 3.63) is 82.4 Å². The summed E-state index contributed by atoms with van der Waals surface area (Å²) < 4.78 is 13.3. The average molecular weight is 436 g/mol. The van der Waals surface area contributed by atoms with Gasteiger partial charge in [0.25, 0.3) is 5.69 Å². The summed E-state index contributed by atoms with van der Waals surface area (Å²) in [5.41, 5.74) is 3.35. The van der Waals surface area contributed by atoms with Gasteiger partial charge in [0.05, 0.1) is 35.4 Å². The van der Waals surface area contributed by atoms with Gasteiger partial charge in [-0.2, -0.15) is 0 Å². The predicted molar refractivity (Wildman–Crippen MR) is 122 cm³/mol. The smallest absolute Gasteiger partial charge is 0.271 e. The van der Waals surface area contributed by atoms with Gasteiger partial charge < -0.3 is 9.47 Å². The summed E-state index contributed by atoms with van der Waals surface area (Å²) in [4.78, 5) is 15.5. The van der Waals surface area contributed by atoms with Crippen molar-refractivity contribution in [2.75, 3.05) is 19.5 Å². The Balaban J connectivity index is 1.64. The molecule has 0 aliphatic carbocycles. The molecule has 1 heterocycles. The molecule has 1 aromatic heterocycles. The number of hydrogen-bond donors (Lipinski definition) is 0. The van der Waals surface area contributed by atoms with Crippen molar-refractivity contribution in [3.8, 4) is 17.2 Å². The maximum absolute atomic E-state index is 11.2. The summed E-state index contributed by atoms with van der Waals surface area (Å²) in [5.74, 6) is 2.17. The lowest BCUT2D eigenvalue weighted by Gasteiger charge is -2.13. The zero-order valence-electron chi connectivity index (χ0n) is 17.1. The highest BCUT2D eigenvalue weighted by molar-refractivity contribution is 7.99. The Morgan fingerprint density at radius 1 is 1.10 bits per heavy atom. The van der Waals surface area contributed by atoms with E-state index < -0.39 is 4.92 Å². The van der Waals surface area contributed by atoms with Crippen LogP contribution in [0.25, 0.3) is 16.7 Å². The first kappa shape index (κ1) is 20.7. The standard InChI is InChI=1S/C23H21N3O4S/c1-16-7-10-18(11-8-16)30-13-14-31-23-24-19-15-17(26(27)28)9-12-20(19)25(23)21-5-3-4-6-22(21)29-2/h3-12,15H,13-14H2,1-2H3. The van der Waals surface area contributed by atoms with Gasteiger partial charge in [0.1, 0.15) is 11.5 Å². The second-order valence-corrected chi connectivity index (χ2v) is 7.90. The lowest BCUT2D eigenvalue weighted by molar-refractivity contribution is -0.384. The number of hydrogen-bond acceptors (Lipinski definition) is 6. The number of para-hydroxylation sites is 2. The van der Waals surface area contributed by atoms with Crippen LogP contribution in [0.3, 0.4) is 0 Å². The van der Waals surface area contributed by atoms with Gasteiger partial charge in [0.2, 0.25) is 0 Å². The predicted octanol–water partition coefficient (Wildman–Crippen LogP) is 5.42. The molecule has 0 fully saturated rings. The third-order valence-electron chi connectivity index (χ3n) is 4.75. The summed E-state index contributed by atoms with van der Waals surface area (Å²) in [6.45, 7) is 2.54. The Kier molecular flexibility index (Phi) is 6.08. The number of imidazole rings is 1. The number of aryl methyl sites for hydroxylation is 1. The molecule has 0 bridgehead atoms. The van der Waals surface area contributed by atoms with E-state index in [0.717, 1.165) is 17.0 Å². The van der Waals surface area contributed by atoms with E-state index in [9.17, 15) is 10.1 Å². The minimum atomic E-state index is -0.413. The van der Waals surface area contributed by atoms with Crippen molar-refractivity contribution >= 4 is 28.5 Å². The number of nitro groups is 1. The molecule has 0 atom stereocenters. The summed E-state index contributed by atoms with van der Waals surface area (Å²) in [7, 11) is 1.62. The molecule has 0 radical (unpaired) electrons. The first-order valence-corrected chi connectivity index (χ1v) is 10.7. The fraction of sp³-hybridized carbons (Fsp3) is 0.174. The Bertz CT molecular complexity index is 1220. The minimum absolute atomic E-state index is 0.0106. The number of fused-ring (bicyclic) bond motifs is 1. The second-order valence-electron chi connectivity index (χ2n) is 6.84. The number of aromatic nitrogens is 2. The van der Waals surface area contributed by atoms with Gasteiger partial charge >= 0.3 is 0 Å². The van der Waals surface area contributed by atoms with Crippen molar-refractivity contribution in [2.24, 2.45) is 0 Å². The summed E-state index contributed by atoms with van der Waals surface area (Å²) in [5, 5.41) is 11.9. The zero-order chi connectivity index (χ0) is 21.8. The molecule has 0 N–H and O–H groups in total. The molecule has 0 saturated carbocycles. The number of benzene rings is 3. The van der Waals surface area contributed by atoms with E-state index in [0.29, 0.717) is 28.8 Å². The molecule has 0 saturated heterocycles. The molecular weight excluding hydrogens is 414 g/mol. The average Bonchev–Trinajstić information content (AvgIpc) is 3.15. The van der Waals surface area contributed by atoms with E-state index in [1.54, 1.807) is 13.2 Å². The van der Waals surface area contributed by atoms with Crippen LogP contribution in [0.1, 0.15) is 5.56 Å². The number of nitro benzene ring substituents is 1. The van der Waals surface area contributed by atoms with Crippen LogP contribution in [0, 0.1) is 17.0 Å². The van der Waals surface area contributed by atoms with Crippen LogP contribution in [-0.2, 0) is 0 Å². The number of methoxy groups -OCH3 is 1. The molecule has 158 valence electrons. The van der Waals surface area contributed by atoms with Gasteiger partial charge in [0.15, 0.2) is 5.16 Å². The zero-order valence-corrected chi connectivity index (χ0v) is 18.0. The van der Waals surface area contributed by atoms with Gasteiger partial charge in [-0.25, -0.2) is 4.98 Å². The van der Waals surface area contributed by atoms with Crippen LogP contribution >= 0.6 is 11.8 Å². The minimum Gasteiger partial charge on any atom is -0.495 e. The highest BCUT2D eigenvalue weighted by Crippen LogP contribution is 2.33. The summed E-state index contributed by atoms with van der Waals surface area (Å²) in [6, 6.07) is 20.3. The Hall–Kier alpha value is -3.52. The summed E-state index contributed by atoms with van der Waals surface area (Å²) >= 11 is 1.52. The molecule has 4 aromatic rings. The van der Waals surface area contributed by atoms with Crippen LogP contribution in [-0.4, -0.2) is 33.9 Å². The number of ether oxygens (including phenoxy) is 2. The van der Waals surface area contributed by atoms with Crippen molar-refractivity contribution in [1.29, 1.82) is 0 Å². The molecule has 0 amide bonds. The molecule has 0 aliphatic rings. The molecule has 31 heavy (non-hydrogen) atoms. The van der Waals surface area contributed by atoms with E-state index in [-0.39, 0.29) is 5.69 Å². The van der Waals surface area contributed by atoms with E-state index >= 15 is 0 Å². The molecule has 0 unspecified atom stereocenters. The molecular formula is C23H21N3O4S. The maximum Gasteiger partial charge on any atom is 0.271 e. The van der Waals surface area contributed by atoms with E-state index in [1.165, 1.54) is 29.5 Å². The van der Waals surface area contributed by atoms with E-state index in [2.05, 4.69) is 4.98 Å². The number of rotatable bonds is 8. The first-order valence-electron chi connectivity index (χ1n) is 9.69. The fourth-order valence-electron chi connectivity index (χ4n) is 3.23. The normalized spacial score (nSPS) is 10.9. The van der Waals surface area contributed by atoms with Crippen LogP contribution < -0.4 is 9.47 Å². The third kappa shape index (κ3) is 4.49. The van der Waals surface area contributed by atoms with Gasteiger partial charge in [-0.05, 0) is 37.3 Å². The van der Waals surface area contributed by atoms with Crippen molar-refractivity contribution in [3.63, 3.8) is 0 Å². The van der Waals surface area contributed by atoms with Crippen LogP contribution in [0.5, 0.6) is 11.5 Å². The SMILES string of the molecule is COc1ccccc1-n1c(SCCOc2ccc(C)cc2)nc2cc([N+](=O)[O-])ccc21. The van der Waals surface area contributed by atoms with Crippen LogP contribution in [0.2, 0.25) is 0 Å². The molecule has 7 nitrogen and oxygen atoms in total. The van der Waals surface area contributed by atoms with E-state index in [1.807, 2.05) is 60.0 Å². The number of non-ortho nitro benzene ring substituents is 1. The van der Waals surface area contributed by atoms with Gasteiger partial charge in [-0.3, -0.25) is 14.7 Å². The first-order chi connectivity index (χ1) is 15.1. The largest absolute Gasteiger partial charge is 0.495 e. The highest BCUT2D eigenvalue weighted by Gasteiger charge is 2.18. The van der Waals surface area contributed by atoms with Gasteiger partial charge in [-0.15, -0.1) is 0 Å². The van der Waals surface area contributed by atoms with Crippen molar-refractivity contribution in [1.82, 2.24) is 9.55 Å². The van der Waals surface area contributed by atoms with Crippen LogP contribution in [0.15, 0.2) is 71.9 Å². The number of thioether (sulfide) groups is 1. The second kappa shape index (κ2) is 9.09. The van der Waals surface area contributed by atoms with E-state index in [4.69, 9.17) is 9.47 Å². The lowest BCUT2D eigenvalue weighted by atomic mass is 10.2. The molecule has 0 aliphatic heterocycles. The summed E-state index contributed by atoms with van der Waals surface area (Å²) in [6.07, 6.45) is 0. The van der Waals surface area contributed by atoms with Crippen molar-refractivity contribution in [2.45, 2.75) is 12.1 Å². The topological polar surface area (TPSA) is 79.4 Å². The molecule has 3 aromatic carbocycles. The lowest BCUT2D eigenvalue weighted by Crippen LogP contribution is -2.03. The van der Waals surface area contributed by atoms with Crippen molar-refractivity contribution < 1.29 is 14.4 Å². The maximum atomic E-state index is 11.2. The Labute approximate surface area is 183 Å². The van der Waals surface area contributed by atoms with Gasteiger partial charge in [-0.1, -0.05) is 41.6 Å². The Morgan fingerprint density at radius 3 is 2.61 bits per heavy atom. The quantitative estimate of drug-likeness (QED) is 0.159. The third-order valence-corrected chi connectivity index (χ3v) is 5.65. The Morgan fingerprint density at radius 2 is 1.87 bits per heavy atom.